The SMILES string of the molecule is CCC1=C(c2ccc3c(c2)OCC(C)(C)COc2cc(-c4nc([C@@H]5CCCN5C(=O)[C@@H](NC(=O)OC)C(C)C)[nH]c4CC)ccc2-3)CC([C@@H]2CCCN2C(=O)[C@@H](NC(=O)OC)C(C)C)=N1. The summed E-state index contributed by atoms with van der Waals surface area (Å²) >= 11 is 0. The molecular formula is C50H67N7O8. The van der Waals surface area contributed by atoms with E-state index in [1.807, 2.05) is 37.5 Å². The molecule has 7 rings (SSSR count). The number of fused-ring (bicyclic) bond motifs is 3. The first kappa shape index (κ1) is 47.1. The average molecular weight is 894 g/mol. The van der Waals surface area contributed by atoms with Crippen LogP contribution < -0.4 is 20.1 Å². The van der Waals surface area contributed by atoms with Gasteiger partial charge in [0, 0.05) is 58.7 Å². The smallest absolute Gasteiger partial charge is 0.407 e. The minimum atomic E-state index is -0.721. The molecule has 4 amide bonds. The highest BCUT2D eigenvalue weighted by molar-refractivity contribution is 6.05. The molecule has 1 aromatic heterocycles. The summed E-state index contributed by atoms with van der Waals surface area (Å²) in [6.07, 6.45) is 4.05. The van der Waals surface area contributed by atoms with Crippen LogP contribution in [0.2, 0.25) is 0 Å². The highest BCUT2D eigenvalue weighted by Gasteiger charge is 2.41. The molecule has 350 valence electrons. The number of H-pyrrole nitrogens is 1. The molecule has 2 fully saturated rings. The lowest BCUT2D eigenvalue weighted by Crippen LogP contribution is -2.53. The van der Waals surface area contributed by atoms with Crippen molar-refractivity contribution in [2.45, 2.75) is 125 Å². The molecule has 2 saturated heterocycles. The van der Waals surface area contributed by atoms with Gasteiger partial charge in [-0.3, -0.25) is 14.6 Å². The van der Waals surface area contributed by atoms with Gasteiger partial charge in [-0.2, -0.15) is 0 Å². The van der Waals surface area contributed by atoms with E-state index in [2.05, 4.69) is 79.7 Å². The van der Waals surface area contributed by atoms with E-state index in [1.165, 1.54) is 14.2 Å². The molecule has 3 aromatic rings. The van der Waals surface area contributed by atoms with Gasteiger partial charge in [-0.25, -0.2) is 14.6 Å². The molecule has 15 nitrogen and oxygen atoms in total. The Labute approximate surface area is 383 Å². The van der Waals surface area contributed by atoms with Crippen LogP contribution in [-0.2, 0) is 25.5 Å². The molecule has 15 heteroatoms. The van der Waals surface area contributed by atoms with Gasteiger partial charge in [-0.15, -0.1) is 0 Å². The van der Waals surface area contributed by atoms with Crippen LogP contribution in [0.4, 0.5) is 9.59 Å². The number of rotatable bonds is 12. The Morgan fingerprint density at radius 1 is 0.785 bits per heavy atom. The number of aliphatic imine (C=N–C) groups is 1. The third kappa shape index (κ3) is 9.89. The number of allylic oxidation sites excluding steroid dienone is 2. The quantitative estimate of drug-likeness (QED) is 0.161. The Balaban J connectivity index is 1.17. The number of carbonyl (C=O) groups excluding carboxylic acids is 4. The van der Waals surface area contributed by atoms with Crippen molar-refractivity contribution in [3.63, 3.8) is 0 Å². The number of nitrogens with one attached hydrogen (secondary N) is 3. The van der Waals surface area contributed by atoms with E-state index in [0.29, 0.717) is 39.1 Å². The zero-order valence-electron chi connectivity index (χ0n) is 39.8. The first-order valence-electron chi connectivity index (χ1n) is 23.3. The lowest BCUT2D eigenvalue weighted by molar-refractivity contribution is -0.135. The number of likely N-dealkylation sites (tertiary alicyclic amines) is 2. The predicted molar refractivity (Wildman–Crippen MR) is 250 cm³/mol. The third-order valence-corrected chi connectivity index (χ3v) is 13.1. The highest BCUT2D eigenvalue weighted by atomic mass is 16.5. The topological polar surface area (TPSA) is 177 Å². The molecule has 0 radical (unpaired) electrons. The van der Waals surface area contributed by atoms with Gasteiger partial charge in [0.2, 0.25) is 11.8 Å². The van der Waals surface area contributed by atoms with Crippen LogP contribution in [0.25, 0.3) is 28.0 Å². The van der Waals surface area contributed by atoms with E-state index in [1.54, 1.807) is 0 Å². The number of amides is 4. The van der Waals surface area contributed by atoms with E-state index in [4.69, 9.17) is 28.9 Å². The number of hydrogen-bond donors (Lipinski definition) is 3. The fraction of sp³-hybridized carbons (Fsp3) is 0.560. The van der Waals surface area contributed by atoms with E-state index in [0.717, 1.165) is 100 Å². The number of carbonyl (C=O) groups is 4. The number of hydrogen-bond acceptors (Lipinski definition) is 10. The summed E-state index contributed by atoms with van der Waals surface area (Å²) in [5, 5.41) is 5.49. The molecule has 3 N–H and O–H groups in total. The molecule has 4 atom stereocenters. The lowest BCUT2D eigenvalue weighted by atomic mass is 9.93. The molecule has 0 saturated carbocycles. The second kappa shape index (κ2) is 19.7. The van der Waals surface area contributed by atoms with Crippen LogP contribution in [0, 0.1) is 17.3 Å². The Morgan fingerprint density at radius 2 is 1.31 bits per heavy atom. The molecule has 4 aliphatic rings. The zero-order chi connectivity index (χ0) is 46.7. The van der Waals surface area contributed by atoms with E-state index in [-0.39, 0.29) is 41.1 Å². The van der Waals surface area contributed by atoms with Gasteiger partial charge in [-0.1, -0.05) is 67.5 Å². The van der Waals surface area contributed by atoms with E-state index < -0.39 is 24.3 Å². The number of imidazole rings is 1. The summed E-state index contributed by atoms with van der Waals surface area (Å²) < 4.78 is 23.0. The average Bonchev–Trinajstić information content (AvgIpc) is 4.13. The number of methoxy groups -OCH3 is 2. The van der Waals surface area contributed by atoms with Crippen LogP contribution in [0.15, 0.2) is 47.1 Å². The van der Waals surface area contributed by atoms with Crippen LogP contribution in [0.5, 0.6) is 11.5 Å². The van der Waals surface area contributed by atoms with E-state index >= 15 is 0 Å². The molecule has 0 unspecified atom stereocenters. The van der Waals surface area contributed by atoms with Gasteiger partial charge in [0.15, 0.2) is 0 Å². The van der Waals surface area contributed by atoms with Crippen molar-refractivity contribution in [1.29, 1.82) is 0 Å². The first-order chi connectivity index (χ1) is 31.1. The van der Waals surface area contributed by atoms with Gasteiger partial charge < -0.3 is 44.4 Å². The summed E-state index contributed by atoms with van der Waals surface area (Å²) in [6.45, 7) is 18.2. The van der Waals surface area contributed by atoms with Crippen LogP contribution in [-0.4, -0.2) is 108 Å². The van der Waals surface area contributed by atoms with Crippen LogP contribution >= 0.6 is 0 Å². The van der Waals surface area contributed by atoms with E-state index in [9.17, 15) is 19.2 Å². The van der Waals surface area contributed by atoms with Crippen LogP contribution in [0.1, 0.15) is 117 Å². The molecule has 4 aliphatic heterocycles. The lowest BCUT2D eigenvalue weighted by Gasteiger charge is -2.31. The normalized spacial score (nSPS) is 20.2. The molecule has 0 aliphatic carbocycles. The zero-order valence-corrected chi connectivity index (χ0v) is 39.8. The minimum absolute atomic E-state index is 0.114. The van der Waals surface area contributed by atoms with Gasteiger partial charge in [-0.05, 0) is 85.8 Å². The molecule has 5 heterocycles. The molecule has 2 aromatic carbocycles. The molecule has 0 spiro atoms. The maximum Gasteiger partial charge on any atom is 0.407 e. The standard InChI is InChI=1S/C50H67N7O8/c1-11-35-34(25-37(51-35)38-15-13-21-56(38)46(58)42(28(3)4)54-48(60)62-9)30-17-19-32-33-20-18-31(24-41(33)65-27-50(7,8)26-64-40(32)23-30)44-36(12-2)52-45(53-44)39-16-14-22-57(39)47(59)43(29(5)6)55-49(61)63-10/h17-20,23-24,28-29,38-39,42-43H,11-16,21-22,25-27H2,1-10H3,(H,52,53)(H,54,60)(H,55,61)/t38-,39-,42-,43-/m0/s1. The molecular weight excluding hydrogens is 827 g/mol. The Morgan fingerprint density at radius 3 is 1.83 bits per heavy atom. The summed E-state index contributed by atoms with van der Waals surface area (Å²) in [6, 6.07) is 10.7. The largest absolute Gasteiger partial charge is 0.492 e. The number of aromatic amines is 1. The van der Waals surface area contributed by atoms with Crippen molar-refractivity contribution in [3.05, 3.63) is 59.2 Å². The second-order valence-electron chi connectivity index (χ2n) is 19.1. The van der Waals surface area contributed by atoms with Crippen molar-refractivity contribution >= 4 is 35.3 Å². The maximum absolute atomic E-state index is 13.9. The minimum Gasteiger partial charge on any atom is -0.492 e. The number of ether oxygens (including phenoxy) is 4. The Kier molecular flexibility index (Phi) is 14.3. The maximum atomic E-state index is 13.9. The second-order valence-corrected chi connectivity index (χ2v) is 19.1. The summed E-state index contributed by atoms with van der Waals surface area (Å²) in [4.78, 5) is 69.9. The number of aromatic nitrogens is 2. The van der Waals surface area contributed by atoms with Crippen molar-refractivity contribution < 1.29 is 38.1 Å². The van der Waals surface area contributed by atoms with Crippen molar-refractivity contribution in [2.75, 3.05) is 40.5 Å². The van der Waals surface area contributed by atoms with Gasteiger partial charge in [0.1, 0.15) is 29.4 Å². The third-order valence-electron chi connectivity index (χ3n) is 13.1. The number of benzene rings is 2. The molecule has 65 heavy (non-hydrogen) atoms. The number of alkyl carbamates (subject to hydrolysis) is 2. The monoisotopic (exact) mass is 894 g/mol. The van der Waals surface area contributed by atoms with Gasteiger partial charge >= 0.3 is 12.2 Å². The summed E-state index contributed by atoms with van der Waals surface area (Å²) in [5.74, 6) is 1.68. The highest BCUT2D eigenvalue weighted by Crippen LogP contribution is 2.45. The first-order valence-corrected chi connectivity index (χ1v) is 23.3. The molecule has 0 bridgehead atoms. The van der Waals surface area contributed by atoms with Crippen molar-refractivity contribution in [1.82, 2.24) is 30.4 Å². The van der Waals surface area contributed by atoms with Crippen molar-refractivity contribution in [3.8, 4) is 33.9 Å². The fourth-order valence-electron chi connectivity index (χ4n) is 9.50. The Hall–Kier alpha value is -5.86. The van der Waals surface area contributed by atoms with Gasteiger partial charge in [0.25, 0.3) is 0 Å². The number of aryl methyl sites for hydroxylation is 1. The number of nitrogens with zero attached hydrogens (tertiary/aromatic N) is 4. The van der Waals surface area contributed by atoms with Crippen LogP contribution in [0.3, 0.4) is 0 Å². The summed E-state index contributed by atoms with van der Waals surface area (Å²) in [7, 11) is 2.60. The Bertz CT molecular complexity index is 2350. The predicted octanol–water partition coefficient (Wildman–Crippen LogP) is 8.49. The summed E-state index contributed by atoms with van der Waals surface area (Å²) in [5.41, 5.74) is 8.28. The van der Waals surface area contributed by atoms with Crippen molar-refractivity contribution in [2.24, 2.45) is 22.2 Å². The van der Waals surface area contributed by atoms with Gasteiger partial charge in [0.05, 0.1) is 45.2 Å². The fourth-order valence-corrected chi connectivity index (χ4v) is 9.50.